The molecule has 0 unspecified atom stereocenters. The van der Waals surface area contributed by atoms with Crippen LogP contribution in [0.2, 0.25) is 0 Å². The van der Waals surface area contributed by atoms with Crippen LogP contribution in [0, 0.1) is 11.2 Å². The van der Waals surface area contributed by atoms with E-state index in [0.717, 1.165) is 62.9 Å². The SMILES string of the molecule is CC(C)(C)Sc1c(CC(C)(C)C(=O)O)n(Cc2ccc(-c3ncc(F)cn3)cc2)c2ccc(OC[C@@H]3Cc4ccccc4N3)cc12. The van der Waals surface area contributed by atoms with Gasteiger partial charge in [-0.15, -0.1) is 11.8 Å². The molecule has 1 aliphatic heterocycles. The number of hydrogen-bond acceptors (Lipinski definition) is 6. The van der Waals surface area contributed by atoms with Crippen molar-refractivity contribution in [1.82, 2.24) is 14.5 Å². The van der Waals surface area contributed by atoms with E-state index in [1.54, 1.807) is 25.6 Å². The van der Waals surface area contributed by atoms with Gasteiger partial charge in [0.2, 0.25) is 0 Å². The summed E-state index contributed by atoms with van der Waals surface area (Å²) in [6.45, 7) is 11.2. The van der Waals surface area contributed by atoms with Crippen molar-refractivity contribution in [2.24, 2.45) is 5.41 Å². The minimum atomic E-state index is -0.981. The number of carbonyl (C=O) groups is 1. The highest BCUT2D eigenvalue weighted by Crippen LogP contribution is 2.44. The first-order valence-corrected chi connectivity index (χ1v) is 16.3. The Kier molecular flexibility index (Phi) is 8.55. The highest BCUT2D eigenvalue weighted by atomic mass is 32.2. The second-order valence-electron chi connectivity index (χ2n) is 13.6. The summed E-state index contributed by atoms with van der Waals surface area (Å²) in [5.74, 6) is -0.0779. The van der Waals surface area contributed by atoms with E-state index in [0.29, 0.717) is 25.4 Å². The molecule has 0 bridgehead atoms. The quantitative estimate of drug-likeness (QED) is 0.149. The van der Waals surface area contributed by atoms with Gasteiger partial charge in [0.05, 0.1) is 23.9 Å². The van der Waals surface area contributed by atoms with Crippen LogP contribution in [0.4, 0.5) is 10.1 Å². The molecule has 0 radical (unpaired) electrons. The Hall–Kier alpha value is -4.37. The number of nitrogens with zero attached hydrogens (tertiary/aromatic N) is 3. The van der Waals surface area contributed by atoms with E-state index in [2.05, 4.69) is 71.0 Å². The average molecular weight is 639 g/mol. The molecule has 0 saturated heterocycles. The Balaban J connectivity index is 1.37. The van der Waals surface area contributed by atoms with Gasteiger partial charge >= 0.3 is 5.97 Å². The summed E-state index contributed by atoms with van der Waals surface area (Å²) < 4.78 is 21.9. The second-order valence-corrected chi connectivity index (χ2v) is 15.4. The summed E-state index contributed by atoms with van der Waals surface area (Å²) >= 11 is 1.76. The lowest BCUT2D eigenvalue weighted by atomic mass is 9.88. The van der Waals surface area contributed by atoms with Gasteiger partial charge in [0.25, 0.3) is 0 Å². The van der Waals surface area contributed by atoms with Gasteiger partial charge in [-0.1, -0.05) is 63.2 Å². The van der Waals surface area contributed by atoms with E-state index in [9.17, 15) is 14.3 Å². The molecule has 0 amide bonds. The number of halogens is 1. The van der Waals surface area contributed by atoms with Crippen molar-refractivity contribution >= 4 is 34.3 Å². The first kappa shape index (κ1) is 31.6. The molecule has 5 aromatic rings. The molecule has 0 saturated carbocycles. The fourth-order valence-electron chi connectivity index (χ4n) is 5.79. The summed E-state index contributed by atoms with van der Waals surface area (Å²) in [6.07, 6.45) is 3.60. The normalized spacial score (nSPS) is 14.7. The molecule has 0 spiro atoms. The molecule has 1 atom stereocenters. The Morgan fingerprint density at radius 2 is 1.76 bits per heavy atom. The zero-order valence-corrected chi connectivity index (χ0v) is 27.6. The van der Waals surface area contributed by atoms with Gasteiger partial charge in [-0.05, 0) is 55.7 Å². The molecule has 2 aromatic heterocycles. The van der Waals surface area contributed by atoms with E-state index in [1.807, 2.05) is 36.4 Å². The van der Waals surface area contributed by atoms with Crippen molar-refractivity contribution in [1.29, 1.82) is 0 Å². The molecule has 0 aliphatic carbocycles. The molecule has 3 aromatic carbocycles. The summed E-state index contributed by atoms with van der Waals surface area (Å²) in [4.78, 5) is 21.7. The van der Waals surface area contributed by atoms with Crippen LogP contribution in [0.5, 0.6) is 5.75 Å². The van der Waals surface area contributed by atoms with E-state index in [4.69, 9.17) is 4.74 Å². The first-order valence-electron chi connectivity index (χ1n) is 15.5. The van der Waals surface area contributed by atoms with Crippen LogP contribution in [0.1, 0.15) is 51.4 Å². The third-order valence-corrected chi connectivity index (χ3v) is 9.43. The third-order valence-electron chi connectivity index (χ3n) is 8.16. The number of nitrogens with one attached hydrogen (secondary N) is 1. The third kappa shape index (κ3) is 6.89. The van der Waals surface area contributed by atoms with Crippen LogP contribution in [0.15, 0.2) is 84.0 Å². The maximum absolute atomic E-state index is 13.4. The number of aliphatic carboxylic acids is 1. The number of para-hydroxylation sites is 1. The van der Waals surface area contributed by atoms with Crippen molar-refractivity contribution < 1.29 is 19.0 Å². The fourth-order valence-corrected chi connectivity index (χ4v) is 6.98. The molecule has 6 rings (SSSR count). The van der Waals surface area contributed by atoms with E-state index >= 15 is 0 Å². The largest absolute Gasteiger partial charge is 0.491 e. The zero-order valence-electron chi connectivity index (χ0n) is 26.8. The standard InChI is InChI=1S/C37H39FN4O3S/c1-36(2,3)46-33-29-17-28(45-22-27-16-25-8-6-7-9-30(25)41-27)14-15-31(29)42(32(33)18-37(4,5)35(43)44)21-23-10-12-24(13-11-23)34-39-19-26(38)20-40-34/h6-15,17,19-20,27,41H,16,18,21-22H2,1-5H3,(H,43,44)/t27-/m0/s1. The monoisotopic (exact) mass is 638 g/mol. The molecule has 3 heterocycles. The maximum atomic E-state index is 13.4. The molecular formula is C37H39FN4O3S. The lowest BCUT2D eigenvalue weighted by molar-refractivity contribution is -0.146. The Morgan fingerprint density at radius 3 is 2.43 bits per heavy atom. The summed E-state index contributed by atoms with van der Waals surface area (Å²) in [5.41, 5.74) is 5.32. The highest BCUT2D eigenvalue weighted by Gasteiger charge is 2.33. The first-order chi connectivity index (χ1) is 21.9. The Bertz CT molecular complexity index is 1850. The maximum Gasteiger partial charge on any atom is 0.309 e. The summed E-state index contributed by atoms with van der Waals surface area (Å²) in [7, 11) is 0. The summed E-state index contributed by atoms with van der Waals surface area (Å²) in [5, 5.41) is 14.8. The van der Waals surface area contributed by atoms with E-state index in [1.165, 1.54) is 5.56 Å². The molecule has 2 N–H and O–H groups in total. The number of ether oxygens (including phenoxy) is 1. The number of fused-ring (bicyclic) bond motifs is 2. The predicted octanol–water partition coefficient (Wildman–Crippen LogP) is 8.25. The predicted molar refractivity (Wildman–Crippen MR) is 182 cm³/mol. The van der Waals surface area contributed by atoms with Crippen LogP contribution in [0.3, 0.4) is 0 Å². The molecule has 1 aliphatic rings. The van der Waals surface area contributed by atoms with Crippen molar-refractivity contribution in [2.75, 3.05) is 11.9 Å². The minimum absolute atomic E-state index is 0.117. The lowest BCUT2D eigenvalue weighted by Crippen LogP contribution is -2.28. The minimum Gasteiger partial charge on any atom is -0.491 e. The van der Waals surface area contributed by atoms with Gasteiger partial charge in [-0.25, -0.2) is 14.4 Å². The number of hydrogen-bond donors (Lipinski definition) is 2. The van der Waals surface area contributed by atoms with Crippen LogP contribution in [0.25, 0.3) is 22.3 Å². The molecule has 46 heavy (non-hydrogen) atoms. The van der Waals surface area contributed by atoms with Gasteiger partial charge in [-0.2, -0.15) is 0 Å². The number of carboxylic acids is 1. The van der Waals surface area contributed by atoms with E-state index < -0.39 is 17.2 Å². The summed E-state index contributed by atoms with van der Waals surface area (Å²) in [6, 6.07) is 22.6. The van der Waals surface area contributed by atoms with Gasteiger partial charge in [0, 0.05) is 50.5 Å². The average Bonchev–Trinajstić information content (AvgIpc) is 3.54. The van der Waals surface area contributed by atoms with Crippen LogP contribution < -0.4 is 10.1 Å². The number of rotatable bonds is 10. The van der Waals surface area contributed by atoms with Crippen LogP contribution in [-0.4, -0.2) is 43.0 Å². The van der Waals surface area contributed by atoms with Crippen LogP contribution in [-0.2, 0) is 24.2 Å². The molecule has 238 valence electrons. The van der Waals surface area contributed by atoms with Gasteiger partial charge < -0.3 is 19.7 Å². The zero-order chi connectivity index (χ0) is 32.6. The number of aromatic nitrogens is 3. The van der Waals surface area contributed by atoms with Crippen molar-refractivity contribution in [3.63, 3.8) is 0 Å². The number of carboxylic acid groups (broad SMARTS) is 1. The molecule has 7 nitrogen and oxygen atoms in total. The van der Waals surface area contributed by atoms with Crippen LogP contribution >= 0.6 is 11.8 Å². The van der Waals surface area contributed by atoms with Crippen molar-refractivity contribution in [2.45, 2.75) is 69.7 Å². The second kappa shape index (κ2) is 12.4. The fraction of sp³-hybridized carbons (Fsp3) is 0.324. The molecule has 0 fully saturated rings. The Labute approximate surface area is 273 Å². The van der Waals surface area contributed by atoms with Gasteiger partial charge in [0.1, 0.15) is 12.4 Å². The van der Waals surface area contributed by atoms with Crippen molar-refractivity contribution in [3.8, 4) is 17.1 Å². The number of anilines is 1. The van der Waals surface area contributed by atoms with Gasteiger partial charge in [-0.3, -0.25) is 4.79 Å². The lowest BCUT2D eigenvalue weighted by Gasteiger charge is -2.24. The highest BCUT2D eigenvalue weighted by molar-refractivity contribution is 8.00. The molecular weight excluding hydrogens is 599 g/mol. The van der Waals surface area contributed by atoms with E-state index in [-0.39, 0.29) is 10.8 Å². The smallest absolute Gasteiger partial charge is 0.309 e. The van der Waals surface area contributed by atoms with Crippen molar-refractivity contribution in [3.05, 3.63) is 102 Å². The topological polar surface area (TPSA) is 89.3 Å². The Morgan fingerprint density at radius 1 is 1.04 bits per heavy atom. The number of thioether (sulfide) groups is 1. The number of benzene rings is 3. The molecule has 9 heteroatoms. The van der Waals surface area contributed by atoms with Gasteiger partial charge in [0.15, 0.2) is 11.6 Å².